The van der Waals surface area contributed by atoms with Gasteiger partial charge in [0.05, 0.1) is 6.54 Å². The Morgan fingerprint density at radius 3 is 1.02 bits per heavy atom. The number of aromatic nitrogens is 2. The molecule has 1 aromatic rings. The van der Waals surface area contributed by atoms with Gasteiger partial charge in [0, 0.05) is 0 Å². The van der Waals surface area contributed by atoms with Crippen molar-refractivity contribution < 1.29 is 4.57 Å². The van der Waals surface area contributed by atoms with E-state index in [1.807, 2.05) is 0 Å². The lowest BCUT2D eigenvalue weighted by Gasteiger charge is -2.18. The highest BCUT2D eigenvalue weighted by Gasteiger charge is 2.18. The van der Waals surface area contributed by atoms with Crippen molar-refractivity contribution in [2.24, 2.45) is 5.92 Å². The van der Waals surface area contributed by atoms with Crippen molar-refractivity contribution in [3.05, 3.63) is 30.9 Å². The molecule has 0 aliphatic heterocycles. The first-order valence-corrected chi connectivity index (χ1v) is 29.0. The SMILES string of the molecule is CCCCCCCCC=CCCCCCCCCC(CCCCC(CCCCCCCCCCCCCC)CCCCCCCCCCCCCC)n1cc[n+](CCCC)c1. The molecule has 0 radical (unpaired) electrons. The van der Waals surface area contributed by atoms with Gasteiger partial charge in [-0.05, 0) is 63.7 Å². The van der Waals surface area contributed by atoms with E-state index < -0.39 is 0 Å². The van der Waals surface area contributed by atoms with Crippen molar-refractivity contribution >= 4 is 0 Å². The minimum Gasteiger partial charge on any atom is -0.237 e. The number of unbranched alkanes of at least 4 members (excludes halogenated alkanes) is 36. The molecule has 2 heteroatoms. The van der Waals surface area contributed by atoms with E-state index in [2.05, 4.69) is 67.7 Å². The third-order valence-corrected chi connectivity index (χ3v) is 14.3. The zero-order valence-electron chi connectivity index (χ0n) is 42.9. The molecule has 0 aromatic carbocycles. The van der Waals surface area contributed by atoms with Crippen LogP contribution in [0.25, 0.3) is 0 Å². The maximum atomic E-state index is 2.61. The number of hydrogen-bond donors (Lipinski definition) is 0. The van der Waals surface area contributed by atoms with Crippen LogP contribution in [0.4, 0.5) is 0 Å². The van der Waals surface area contributed by atoms with E-state index in [4.69, 9.17) is 0 Å². The average Bonchev–Trinajstić information content (AvgIpc) is 3.75. The minimum atomic E-state index is 0.686. The topological polar surface area (TPSA) is 8.81 Å². The molecule has 360 valence electrons. The van der Waals surface area contributed by atoms with Gasteiger partial charge in [-0.2, -0.15) is 0 Å². The first-order chi connectivity index (χ1) is 30.2. The highest BCUT2D eigenvalue weighted by Crippen LogP contribution is 2.28. The summed E-state index contributed by atoms with van der Waals surface area (Å²) in [6, 6.07) is 0.686. The normalized spacial score (nSPS) is 12.5. The highest BCUT2D eigenvalue weighted by atomic mass is 15.1. The summed E-state index contributed by atoms with van der Waals surface area (Å²) in [5.41, 5.74) is 0. The van der Waals surface area contributed by atoms with Crippen molar-refractivity contribution in [1.29, 1.82) is 0 Å². The Kier molecular flexibility index (Phi) is 46.0. The molecule has 0 bridgehead atoms. The van der Waals surface area contributed by atoms with Gasteiger partial charge >= 0.3 is 0 Å². The first kappa shape index (κ1) is 58.0. The third kappa shape index (κ3) is 40.2. The lowest BCUT2D eigenvalue weighted by atomic mass is 9.89. The van der Waals surface area contributed by atoms with Crippen molar-refractivity contribution in [1.82, 2.24) is 4.57 Å². The number of allylic oxidation sites excluding steroid dienone is 2. The van der Waals surface area contributed by atoms with E-state index in [0.717, 1.165) is 5.92 Å². The summed E-state index contributed by atoms with van der Waals surface area (Å²) in [6.07, 6.45) is 79.5. The van der Waals surface area contributed by atoms with E-state index in [1.165, 1.54) is 308 Å². The van der Waals surface area contributed by atoms with Crippen LogP contribution in [0.5, 0.6) is 0 Å². The van der Waals surface area contributed by atoms with Crippen LogP contribution >= 0.6 is 0 Å². The molecule has 1 unspecified atom stereocenters. The van der Waals surface area contributed by atoms with Gasteiger partial charge in [0.2, 0.25) is 6.33 Å². The lowest BCUT2D eigenvalue weighted by Crippen LogP contribution is -2.31. The molecule has 2 nitrogen and oxygen atoms in total. The van der Waals surface area contributed by atoms with Gasteiger partial charge < -0.3 is 0 Å². The minimum absolute atomic E-state index is 0.686. The smallest absolute Gasteiger partial charge is 0.237 e. The molecule has 0 saturated heterocycles. The van der Waals surface area contributed by atoms with Gasteiger partial charge in [0.25, 0.3) is 0 Å². The van der Waals surface area contributed by atoms with Crippen LogP contribution < -0.4 is 4.57 Å². The van der Waals surface area contributed by atoms with Gasteiger partial charge in [-0.25, -0.2) is 9.13 Å². The van der Waals surface area contributed by atoms with Gasteiger partial charge in [0.1, 0.15) is 18.4 Å². The van der Waals surface area contributed by atoms with Crippen LogP contribution in [0.15, 0.2) is 30.9 Å². The van der Waals surface area contributed by atoms with E-state index in [-0.39, 0.29) is 0 Å². The summed E-state index contributed by atoms with van der Waals surface area (Å²) >= 11 is 0. The number of imidazole rings is 1. The van der Waals surface area contributed by atoms with Crippen molar-refractivity contribution in [2.45, 2.75) is 342 Å². The number of hydrogen-bond acceptors (Lipinski definition) is 0. The fourth-order valence-corrected chi connectivity index (χ4v) is 9.96. The molecule has 1 heterocycles. The number of nitrogens with zero attached hydrogens (tertiary/aromatic N) is 2. The van der Waals surface area contributed by atoms with Crippen LogP contribution in [-0.4, -0.2) is 4.57 Å². The molecule has 0 N–H and O–H groups in total. The molecular weight excluding hydrogens is 737 g/mol. The molecule has 0 aliphatic rings. The molecule has 1 rings (SSSR count). The zero-order chi connectivity index (χ0) is 43.8. The molecule has 0 spiro atoms. The van der Waals surface area contributed by atoms with E-state index >= 15 is 0 Å². The van der Waals surface area contributed by atoms with Gasteiger partial charge in [-0.3, -0.25) is 0 Å². The summed E-state index contributed by atoms with van der Waals surface area (Å²) in [5.74, 6) is 0.975. The Morgan fingerprint density at radius 2 is 0.639 bits per heavy atom. The van der Waals surface area contributed by atoms with Crippen molar-refractivity contribution in [2.75, 3.05) is 0 Å². The average molecular weight is 853 g/mol. The quantitative estimate of drug-likeness (QED) is 0.0351. The standard InChI is InChI=1S/C59H115N2/c1-5-9-13-16-19-22-25-28-29-30-31-34-37-40-43-46-52-59(61-56-55-60(57-61)54-12-8-4)53-48-47-51-58(49-44-41-38-35-32-26-23-20-17-14-10-6-2)50-45-42-39-36-33-27-24-21-18-15-11-7-3/h28-29,55-59H,5-27,30-54H2,1-4H3/q+1. The van der Waals surface area contributed by atoms with Gasteiger partial charge in [0.15, 0.2) is 0 Å². The summed E-state index contributed by atoms with van der Waals surface area (Å²) in [4.78, 5) is 0. The van der Waals surface area contributed by atoms with Crippen LogP contribution in [0, 0.1) is 5.92 Å². The molecule has 1 atom stereocenters. The highest BCUT2D eigenvalue weighted by molar-refractivity contribution is 4.81. The van der Waals surface area contributed by atoms with E-state index in [1.54, 1.807) is 0 Å². The van der Waals surface area contributed by atoms with Crippen LogP contribution in [0.3, 0.4) is 0 Å². The number of aryl methyl sites for hydroxylation is 1. The Hall–Kier alpha value is -1.05. The zero-order valence-corrected chi connectivity index (χ0v) is 42.9. The Bertz CT molecular complexity index is 949. The molecular formula is C59H115N2+. The van der Waals surface area contributed by atoms with Crippen LogP contribution in [0.1, 0.15) is 336 Å². The fraction of sp³-hybridized carbons (Fsp3) is 0.915. The van der Waals surface area contributed by atoms with Crippen molar-refractivity contribution in [3.63, 3.8) is 0 Å². The maximum absolute atomic E-state index is 2.61. The lowest BCUT2D eigenvalue weighted by molar-refractivity contribution is -0.697. The predicted molar refractivity (Wildman–Crippen MR) is 276 cm³/mol. The first-order valence-electron chi connectivity index (χ1n) is 29.0. The predicted octanol–water partition coefficient (Wildman–Crippen LogP) is 20.9. The summed E-state index contributed by atoms with van der Waals surface area (Å²) in [5, 5.41) is 0. The third-order valence-electron chi connectivity index (χ3n) is 14.3. The van der Waals surface area contributed by atoms with E-state index in [9.17, 15) is 0 Å². The van der Waals surface area contributed by atoms with E-state index in [0.29, 0.717) is 6.04 Å². The van der Waals surface area contributed by atoms with Gasteiger partial charge in [-0.1, -0.05) is 284 Å². The second-order valence-corrected chi connectivity index (χ2v) is 20.3. The molecule has 0 saturated carbocycles. The Morgan fingerprint density at radius 1 is 0.344 bits per heavy atom. The molecule has 1 aromatic heterocycles. The molecule has 0 aliphatic carbocycles. The van der Waals surface area contributed by atoms with Crippen molar-refractivity contribution in [3.8, 4) is 0 Å². The second-order valence-electron chi connectivity index (χ2n) is 20.3. The van der Waals surface area contributed by atoms with Gasteiger partial charge in [-0.15, -0.1) is 0 Å². The van der Waals surface area contributed by atoms with Crippen LogP contribution in [0.2, 0.25) is 0 Å². The Balaban J connectivity index is 2.45. The molecule has 61 heavy (non-hydrogen) atoms. The summed E-state index contributed by atoms with van der Waals surface area (Å²) in [7, 11) is 0. The molecule has 0 amide bonds. The molecule has 0 fully saturated rings. The maximum Gasteiger partial charge on any atom is 0.243 e. The number of rotatable bonds is 51. The summed E-state index contributed by atoms with van der Waals surface area (Å²) in [6.45, 7) is 10.4. The second kappa shape index (κ2) is 48.4. The monoisotopic (exact) mass is 852 g/mol. The fourth-order valence-electron chi connectivity index (χ4n) is 9.96. The summed E-state index contributed by atoms with van der Waals surface area (Å²) < 4.78 is 5.07. The van der Waals surface area contributed by atoms with Crippen LogP contribution in [-0.2, 0) is 6.54 Å². The largest absolute Gasteiger partial charge is 0.243 e. The Labute approximate surface area is 386 Å².